The molecule has 0 radical (unpaired) electrons. The Kier molecular flexibility index (Phi) is 20.0. The van der Waals surface area contributed by atoms with Gasteiger partial charge in [-0.25, -0.2) is 9.59 Å². The molecule has 14 nitrogen and oxygen atoms in total. The van der Waals surface area contributed by atoms with Gasteiger partial charge in [0.25, 0.3) is 0 Å². The van der Waals surface area contributed by atoms with Gasteiger partial charge >= 0.3 is 17.9 Å². The van der Waals surface area contributed by atoms with Crippen LogP contribution in [0.25, 0.3) is 5.20 Å². The second kappa shape index (κ2) is 25.2. The molecule has 0 amide bonds. The predicted octanol–water partition coefficient (Wildman–Crippen LogP) is 9.99. The SMILES string of the molecule is C/C=C(\C)C(=O)O[C@@H]1[C@@H](O[Si](C)(C)C(C)(C)C)[C@@H]2O[C@H]3[C@H](O[C@@H](CCC)C/C=C/CCCC(=O)CCC(=O)OC[C@@H](O2)[C@H]1OC(=O)/C=C(/c1ccccc1)[Si](C)(C)c1ccccc1)O[C@H](C)[C@@H]1OC(C)(C)O[C@@H]13. The largest absolute Gasteiger partial charge is 0.463 e. The number of hydrogen-bond acceptors (Lipinski definition) is 14. The molecule has 2 bridgehead atoms. The number of fused-ring (bicyclic) bond motifs is 5. The maximum atomic E-state index is 15.0. The molecule has 4 aliphatic heterocycles. The number of allylic oxidation sites excluding steroid dienone is 2. The summed E-state index contributed by atoms with van der Waals surface area (Å²) in [4.78, 5) is 55.9. The number of hydrogen-bond donors (Lipinski definition) is 0. The molecule has 0 spiro atoms. The number of esters is 3. The van der Waals surface area contributed by atoms with Crippen LogP contribution in [0.3, 0.4) is 0 Å². The van der Waals surface area contributed by atoms with Gasteiger partial charge in [0.15, 0.2) is 38.9 Å². The first-order chi connectivity index (χ1) is 34.4. The van der Waals surface area contributed by atoms with Crippen LogP contribution in [0.4, 0.5) is 0 Å². The third kappa shape index (κ3) is 15.1. The van der Waals surface area contributed by atoms with Crippen molar-refractivity contribution >= 4 is 50.5 Å². The standard InChI is InChI=1S/C57H82O14Si2/c1-14-26-41-30-23-17-16-22-29-40(58)33-34-45(59)62-36-43-48(66-46(60)35-44(39-27-20-18-21-28-39)72(10,11)42-31-24-19-25-32-42)49(67-53(61)37(3)15-2)52(71-73(12,13)56(5,6)7)55(65-43)68-51-50-47(69-57(8,9)70-50)38(4)63-54(51)64-41/h15,17-21,23-25,27-28,31-32,35,38,41,43,47-52,54-55H,14,16,22,26,29-30,33-34,36H2,1-13H3/b23-17+,37-15+,44-35-/t38-,41+,43-,47+,48-,49+,50+,51-,52-,54+,55+/m1/s1. The van der Waals surface area contributed by atoms with Crippen LogP contribution in [0.5, 0.6) is 0 Å². The number of rotatable bonds is 11. The molecule has 402 valence electrons. The minimum atomic E-state index is -2.89. The van der Waals surface area contributed by atoms with Gasteiger partial charge in [0.2, 0.25) is 0 Å². The van der Waals surface area contributed by atoms with E-state index in [1.54, 1.807) is 19.9 Å². The van der Waals surface area contributed by atoms with Gasteiger partial charge < -0.3 is 47.1 Å². The van der Waals surface area contributed by atoms with E-state index in [2.05, 4.69) is 78.2 Å². The summed E-state index contributed by atoms with van der Waals surface area (Å²) in [6.45, 7) is 25.3. The smallest absolute Gasteiger partial charge is 0.333 e. The monoisotopic (exact) mass is 1050 g/mol. The summed E-state index contributed by atoms with van der Waals surface area (Å²) in [6.07, 6.45) is 0.00157. The summed E-state index contributed by atoms with van der Waals surface area (Å²) >= 11 is 0. The van der Waals surface area contributed by atoms with E-state index in [9.17, 15) is 19.2 Å². The molecule has 6 rings (SSSR count). The van der Waals surface area contributed by atoms with Gasteiger partial charge in [-0.1, -0.05) is 131 Å². The third-order valence-electron chi connectivity index (χ3n) is 14.8. The Morgan fingerprint density at radius 3 is 2.12 bits per heavy atom. The van der Waals surface area contributed by atoms with E-state index in [1.807, 2.05) is 69.3 Å². The molecule has 2 aromatic carbocycles. The zero-order valence-electron chi connectivity index (χ0n) is 45.5. The molecule has 0 N–H and O–H groups in total. The zero-order valence-corrected chi connectivity index (χ0v) is 47.5. The Bertz CT molecular complexity index is 2270. The van der Waals surface area contributed by atoms with E-state index in [4.69, 9.17) is 47.1 Å². The van der Waals surface area contributed by atoms with Crippen molar-refractivity contribution in [3.05, 3.63) is 96.1 Å². The fraction of sp³-hybridized carbons (Fsp3) is 0.614. The lowest BCUT2D eigenvalue weighted by molar-refractivity contribution is -0.360. The lowest BCUT2D eigenvalue weighted by atomic mass is 9.96. The minimum Gasteiger partial charge on any atom is -0.463 e. The van der Waals surface area contributed by atoms with Gasteiger partial charge in [0.1, 0.15) is 51.0 Å². The fourth-order valence-corrected chi connectivity index (χ4v) is 13.4. The number of ketones is 1. The van der Waals surface area contributed by atoms with Crippen molar-refractivity contribution in [2.75, 3.05) is 6.61 Å². The highest BCUT2D eigenvalue weighted by molar-refractivity contribution is 7.04. The third-order valence-corrected chi connectivity index (χ3v) is 22.8. The minimum absolute atomic E-state index is 0.00740. The van der Waals surface area contributed by atoms with Gasteiger partial charge in [-0.15, -0.1) is 0 Å². The van der Waals surface area contributed by atoms with Gasteiger partial charge in [-0.05, 0) is 89.2 Å². The fourth-order valence-electron chi connectivity index (χ4n) is 9.43. The summed E-state index contributed by atoms with van der Waals surface area (Å²) < 4.78 is 67.4. The summed E-state index contributed by atoms with van der Waals surface area (Å²) in [7, 11) is -5.51. The highest BCUT2D eigenvalue weighted by atomic mass is 28.4. The summed E-state index contributed by atoms with van der Waals surface area (Å²) in [5, 5.41) is 1.50. The van der Waals surface area contributed by atoms with E-state index in [-0.39, 0.29) is 24.7 Å². The number of carbonyl (C=O) groups is 4. The Hall–Kier alpha value is -4.11. The highest BCUT2D eigenvalue weighted by Crippen LogP contribution is 2.44. The number of ether oxygens (including phenoxy) is 9. The van der Waals surface area contributed by atoms with Gasteiger partial charge in [-0.3, -0.25) is 9.59 Å². The van der Waals surface area contributed by atoms with E-state index in [0.29, 0.717) is 37.7 Å². The molecule has 4 aliphatic rings. The second-order valence-corrected chi connectivity index (χ2v) is 31.4. The van der Waals surface area contributed by atoms with Crippen molar-refractivity contribution in [1.29, 1.82) is 0 Å². The number of Topliss-reactive ketones (excluding diaryl/α,β-unsaturated/α-hetero) is 1. The lowest BCUT2D eigenvalue weighted by Crippen LogP contribution is -2.67. The maximum Gasteiger partial charge on any atom is 0.333 e. The number of carbonyl (C=O) groups excluding carboxylic acids is 4. The van der Waals surface area contributed by atoms with Crippen molar-refractivity contribution in [2.24, 2.45) is 0 Å². The molecule has 0 aromatic heterocycles. The number of cyclic esters (lactones) is 1. The highest BCUT2D eigenvalue weighted by Gasteiger charge is 2.60. The molecule has 0 saturated carbocycles. The van der Waals surface area contributed by atoms with E-state index in [1.165, 1.54) is 6.08 Å². The van der Waals surface area contributed by atoms with Crippen molar-refractivity contribution < 1.29 is 66.2 Å². The van der Waals surface area contributed by atoms with Gasteiger partial charge in [0, 0.05) is 24.5 Å². The van der Waals surface area contributed by atoms with Crippen molar-refractivity contribution in [2.45, 2.75) is 218 Å². The van der Waals surface area contributed by atoms with E-state index >= 15 is 0 Å². The van der Waals surface area contributed by atoms with E-state index < -0.39 is 113 Å². The second-order valence-electron chi connectivity index (χ2n) is 22.3. The normalized spacial score (nSPS) is 30.8. The van der Waals surface area contributed by atoms with Crippen LogP contribution in [0.1, 0.15) is 119 Å². The molecule has 73 heavy (non-hydrogen) atoms. The van der Waals surface area contributed by atoms with E-state index in [0.717, 1.165) is 22.4 Å². The molecular formula is C57H82O14Si2. The lowest BCUT2D eigenvalue weighted by Gasteiger charge is -2.50. The summed E-state index contributed by atoms with van der Waals surface area (Å²) in [5.74, 6) is -3.15. The molecule has 16 heteroatoms. The summed E-state index contributed by atoms with van der Waals surface area (Å²) in [5.41, 5.74) is 1.14. The first-order valence-corrected chi connectivity index (χ1v) is 32.2. The van der Waals surface area contributed by atoms with Crippen LogP contribution < -0.4 is 5.19 Å². The molecule has 0 aliphatic carbocycles. The molecule has 3 fully saturated rings. The van der Waals surface area contributed by atoms with Crippen LogP contribution in [-0.4, -0.2) is 120 Å². The van der Waals surface area contributed by atoms with Crippen LogP contribution in [-0.2, 0) is 66.2 Å². The van der Waals surface area contributed by atoms with Crippen LogP contribution >= 0.6 is 0 Å². The topological polar surface area (TPSA) is 161 Å². The Morgan fingerprint density at radius 2 is 1.47 bits per heavy atom. The van der Waals surface area contributed by atoms with Crippen LogP contribution in [0.15, 0.2) is 90.5 Å². The van der Waals surface area contributed by atoms with Crippen molar-refractivity contribution in [1.82, 2.24) is 0 Å². The molecule has 4 heterocycles. The average Bonchev–Trinajstić information content (AvgIpc) is 3.68. The first-order valence-electron chi connectivity index (χ1n) is 26.3. The first kappa shape index (κ1) is 58.2. The molecule has 3 saturated heterocycles. The average molecular weight is 1050 g/mol. The predicted molar refractivity (Wildman–Crippen MR) is 284 cm³/mol. The molecule has 2 aromatic rings. The Morgan fingerprint density at radius 1 is 0.795 bits per heavy atom. The van der Waals surface area contributed by atoms with Crippen LogP contribution in [0, 0.1) is 0 Å². The van der Waals surface area contributed by atoms with Crippen molar-refractivity contribution in [3.63, 3.8) is 0 Å². The van der Waals surface area contributed by atoms with Gasteiger partial charge in [-0.2, -0.15) is 0 Å². The van der Waals surface area contributed by atoms with Crippen LogP contribution in [0.2, 0.25) is 31.2 Å². The Balaban J connectivity index is 1.53. The molecule has 11 atom stereocenters. The zero-order chi connectivity index (χ0) is 53.3. The molecule has 0 unspecified atom stereocenters. The van der Waals surface area contributed by atoms with Gasteiger partial charge in [0.05, 0.1) is 18.6 Å². The molecular weight excluding hydrogens is 965 g/mol. The Labute approximate surface area is 435 Å². The summed E-state index contributed by atoms with van der Waals surface area (Å²) in [6, 6.07) is 19.8. The maximum absolute atomic E-state index is 15.0. The van der Waals surface area contributed by atoms with Crippen molar-refractivity contribution in [3.8, 4) is 0 Å². The quantitative estimate of drug-likeness (QED) is 0.0688. The number of benzene rings is 2.